The van der Waals surface area contributed by atoms with Crippen LogP contribution in [-0.4, -0.2) is 103 Å². The third-order valence-electron chi connectivity index (χ3n) is 7.29. The van der Waals surface area contributed by atoms with Gasteiger partial charge in [-0.1, -0.05) is 26.0 Å². The Hall–Kier alpha value is -4.11. The maximum atomic E-state index is 13.2. The first-order valence-electron chi connectivity index (χ1n) is 14.1. The van der Waals surface area contributed by atoms with Gasteiger partial charge in [-0.05, 0) is 36.8 Å². The van der Waals surface area contributed by atoms with Crippen LogP contribution in [0.1, 0.15) is 43.1 Å². The molecular formula is C30H36N2O12. The average molecular weight is 617 g/mol. The van der Waals surface area contributed by atoms with Crippen LogP contribution in [-0.2, 0) is 42.9 Å². The minimum absolute atomic E-state index is 0.0517. The van der Waals surface area contributed by atoms with Gasteiger partial charge in [-0.15, -0.1) is 0 Å². The van der Waals surface area contributed by atoms with Gasteiger partial charge in [-0.2, -0.15) is 0 Å². The lowest BCUT2D eigenvalue weighted by molar-refractivity contribution is -0.159. The second kappa shape index (κ2) is 14.1. The highest BCUT2D eigenvalue weighted by molar-refractivity contribution is 5.98. The first-order valence-corrected chi connectivity index (χ1v) is 14.1. The number of carbonyl (C=O) groups is 5. The van der Waals surface area contributed by atoms with Gasteiger partial charge in [-0.3, -0.25) is 9.59 Å². The van der Waals surface area contributed by atoms with E-state index in [2.05, 4.69) is 10.6 Å². The van der Waals surface area contributed by atoms with Crippen molar-refractivity contribution >= 4 is 35.8 Å². The lowest BCUT2D eigenvalue weighted by Crippen LogP contribution is -2.54. The van der Waals surface area contributed by atoms with Crippen LogP contribution in [0.5, 0.6) is 0 Å². The van der Waals surface area contributed by atoms with Crippen LogP contribution in [0.15, 0.2) is 42.0 Å². The highest BCUT2D eigenvalue weighted by Crippen LogP contribution is 2.32. The maximum Gasteiger partial charge on any atom is 0.348 e. The molecule has 3 aliphatic rings. The van der Waals surface area contributed by atoms with E-state index in [4.69, 9.17) is 28.8 Å². The molecule has 44 heavy (non-hydrogen) atoms. The Morgan fingerprint density at radius 2 is 1.95 bits per heavy atom. The van der Waals surface area contributed by atoms with E-state index in [9.17, 15) is 29.1 Å². The number of hydrogen-bond acceptors (Lipinski definition) is 12. The van der Waals surface area contributed by atoms with E-state index in [1.165, 1.54) is 31.2 Å². The number of aliphatic hydroxyl groups is 2. The minimum Gasteiger partial charge on any atom is -0.462 e. The molecule has 0 saturated carbocycles. The van der Waals surface area contributed by atoms with Gasteiger partial charge in [0.2, 0.25) is 17.9 Å². The van der Waals surface area contributed by atoms with Crippen LogP contribution >= 0.6 is 0 Å². The summed E-state index contributed by atoms with van der Waals surface area (Å²) in [5.74, 6) is -3.41. The molecule has 2 heterocycles. The second-order valence-corrected chi connectivity index (χ2v) is 11.3. The van der Waals surface area contributed by atoms with Crippen LogP contribution in [0.2, 0.25) is 0 Å². The molecule has 1 aromatic carbocycles. The van der Waals surface area contributed by atoms with Gasteiger partial charge in [0.25, 0.3) is 0 Å². The molecule has 0 aromatic heterocycles. The van der Waals surface area contributed by atoms with Crippen LogP contribution in [0, 0.1) is 5.41 Å². The molecule has 2 saturated heterocycles. The molecule has 14 heteroatoms. The summed E-state index contributed by atoms with van der Waals surface area (Å²) < 4.78 is 27.1. The van der Waals surface area contributed by atoms with Gasteiger partial charge < -0.3 is 44.5 Å². The van der Waals surface area contributed by atoms with Crippen molar-refractivity contribution in [1.82, 2.24) is 10.6 Å². The summed E-state index contributed by atoms with van der Waals surface area (Å²) in [6, 6.07) is 4.96. The van der Waals surface area contributed by atoms with Gasteiger partial charge >= 0.3 is 17.9 Å². The van der Waals surface area contributed by atoms with E-state index in [1.807, 2.05) is 0 Å². The number of benzene rings is 1. The molecule has 4 N–H and O–H groups in total. The third kappa shape index (κ3) is 7.88. The summed E-state index contributed by atoms with van der Waals surface area (Å²) in [5.41, 5.74) is 0.154. The fourth-order valence-electron chi connectivity index (χ4n) is 4.88. The minimum atomic E-state index is -1.29. The number of fused-ring (bicyclic) bond motifs is 1. The fourth-order valence-corrected chi connectivity index (χ4v) is 4.88. The first kappa shape index (κ1) is 32.8. The summed E-state index contributed by atoms with van der Waals surface area (Å²) in [6.07, 6.45) is -0.514. The molecular weight excluding hydrogens is 580 g/mol. The quantitative estimate of drug-likeness (QED) is 0.145. The van der Waals surface area contributed by atoms with Crippen LogP contribution in [0.3, 0.4) is 0 Å². The van der Waals surface area contributed by atoms with E-state index < -0.39 is 71.7 Å². The first-order chi connectivity index (χ1) is 20.9. The third-order valence-corrected chi connectivity index (χ3v) is 7.29. The molecule has 4 rings (SSSR count). The zero-order chi connectivity index (χ0) is 32.0. The normalized spacial score (nSPS) is 25.3. The predicted octanol–water partition coefficient (Wildman–Crippen LogP) is -0.234. The number of ether oxygens (including phenoxy) is 5. The summed E-state index contributed by atoms with van der Waals surface area (Å²) in [7, 11) is 0. The fraction of sp³-hybridized carbons (Fsp3) is 0.500. The number of hydrogen-bond donors (Lipinski definition) is 4. The van der Waals surface area contributed by atoms with E-state index in [1.54, 1.807) is 26.0 Å². The van der Waals surface area contributed by atoms with Crippen LogP contribution in [0.25, 0.3) is 6.08 Å². The summed E-state index contributed by atoms with van der Waals surface area (Å²) in [4.78, 5) is 62.8. The SMILES string of the molecule is C[C@H](O)[C@@H](NC(=O)C1=C[C@H]2OCO[C@H]2[C@H](OC(=O)c2cccc(C=CC(=O)O[C@H]3C(=O)OCC3(C)C)c2)C1)C(=O)NCCO. The Morgan fingerprint density at radius 3 is 2.64 bits per heavy atom. The molecule has 2 fully saturated rings. The van der Waals surface area contributed by atoms with E-state index in [0.29, 0.717) is 5.56 Å². The van der Waals surface area contributed by atoms with Crippen molar-refractivity contribution in [2.24, 2.45) is 5.41 Å². The molecule has 0 bridgehead atoms. The van der Waals surface area contributed by atoms with E-state index in [0.717, 1.165) is 6.08 Å². The summed E-state index contributed by atoms with van der Waals surface area (Å²) in [5, 5.41) is 23.9. The number of amides is 2. The number of cyclic esters (lactones) is 1. The highest BCUT2D eigenvalue weighted by atomic mass is 16.7. The second-order valence-electron chi connectivity index (χ2n) is 11.3. The smallest absolute Gasteiger partial charge is 0.348 e. The average Bonchev–Trinajstić information content (AvgIpc) is 3.57. The predicted molar refractivity (Wildman–Crippen MR) is 150 cm³/mol. The molecule has 0 spiro atoms. The Labute approximate surface area is 253 Å². The summed E-state index contributed by atoms with van der Waals surface area (Å²) in [6.45, 7) is 4.54. The van der Waals surface area contributed by atoms with Crippen molar-refractivity contribution in [2.45, 2.75) is 63.8 Å². The van der Waals surface area contributed by atoms with Crippen molar-refractivity contribution in [2.75, 3.05) is 26.6 Å². The lowest BCUT2D eigenvalue weighted by Gasteiger charge is -2.31. The van der Waals surface area contributed by atoms with Crippen molar-refractivity contribution in [3.63, 3.8) is 0 Å². The molecule has 14 nitrogen and oxygen atoms in total. The number of esters is 3. The zero-order valence-corrected chi connectivity index (χ0v) is 24.5. The Bertz CT molecular complexity index is 1340. The van der Waals surface area contributed by atoms with Gasteiger partial charge in [0.1, 0.15) is 37.8 Å². The van der Waals surface area contributed by atoms with Crippen molar-refractivity contribution in [1.29, 1.82) is 0 Å². The van der Waals surface area contributed by atoms with Gasteiger partial charge in [-0.25, -0.2) is 14.4 Å². The van der Waals surface area contributed by atoms with Crippen molar-refractivity contribution < 1.29 is 57.9 Å². The van der Waals surface area contributed by atoms with Gasteiger partial charge in [0.15, 0.2) is 0 Å². The Balaban J connectivity index is 1.40. The standard InChI is InChI=1S/C30H36N2O12/c1-16(34)23(27(37)31-9-10-33)32-26(36)19-12-20-24(42-15-41-20)21(13-19)43-28(38)18-6-4-5-17(11-18)7-8-22(35)44-25-29(39)40-14-30(25,2)3/h4-8,11-12,16,20-21,23-25,33-34H,9-10,13-15H2,1-3H3,(H,31,37)(H,32,36)/t16-,20+,21+,23+,24+,25-/m0/s1. The molecule has 2 aliphatic heterocycles. The van der Waals surface area contributed by atoms with Crippen LogP contribution < -0.4 is 10.6 Å². The maximum absolute atomic E-state index is 13.2. The molecule has 0 unspecified atom stereocenters. The van der Waals surface area contributed by atoms with E-state index in [-0.39, 0.29) is 44.1 Å². The Morgan fingerprint density at radius 1 is 1.18 bits per heavy atom. The number of aliphatic hydroxyl groups excluding tert-OH is 2. The molecule has 1 aliphatic carbocycles. The summed E-state index contributed by atoms with van der Waals surface area (Å²) >= 11 is 0. The number of carbonyl (C=O) groups excluding carboxylic acids is 5. The molecule has 2 amide bonds. The monoisotopic (exact) mass is 616 g/mol. The van der Waals surface area contributed by atoms with Gasteiger partial charge in [0, 0.05) is 30.0 Å². The molecule has 6 atom stereocenters. The Kier molecular flexibility index (Phi) is 10.5. The van der Waals surface area contributed by atoms with Gasteiger partial charge in [0.05, 0.1) is 18.3 Å². The van der Waals surface area contributed by atoms with Crippen LogP contribution in [0.4, 0.5) is 0 Å². The molecule has 1 aromatic rings. The van der Waals surface area contributed by atoms with Crippen molar-refractivity contribution in [3.05, 3.63) is 53.1 Å². The van der Waals surface area contributed by atoms with E-state index >= 15 is 0 Å². The van der Waals surface area contributed by atoms with Crippen molar-refractivity contribution in [3.8, 4) is 0 Å². The topological polar surface area (TPSA) is 196 Å². The number of nitrogens with one attached hydrogen (secondary N) is 2. The highest BCUT2D eigenvalue weighted by Gasteiger charge is 2.46. The lowest BCUT2D eigenvalue weighted by atomic mass is 9.90. The molecule has 0 radical (unpaired) electrons. The number of rotatable bonds is 11. The largest absolute Gasteiger partial charge is 0.462 e. The zero-order valence-electron chi connectivity index (χ0n) is 24.5. The molecule has 238 valence electrons.